The van der Waals surface area contributed by atoms with Gasteiger partial charge in [-0.1, -0.05) is 6.07 Å². The molecule has 0 saturated heterocycles. The second-order valence-corrected chi connectivity index (χ2v) is 3.47. The Bertz CT molecular complexity index is 297. The third-order valence-electron chi connectivity index (χ3n) is 2.12. The summed E-state index contributed by atoms with van der Waals surface area (Å²) in [6, 6.07) is 7.42. The molecule has 0 spiro atoms. The van der Waals surface area contributed by atoms with E-state index >= 15 is 0 Å². The van der Waals surface area contributed by atoms with Crippen molar-refractivity contribution >= 4 is 0 Å². The molecule has 84 valence electrons. The third-order valence-corrected chi connectivity index (χ3v) is 2.12. The zero-order valence-corrected chi connectivity index (χ0v) is 9.43. The summed E-state index contributed by atoms with van der Waals surface area (Å²) in [5.74, 6) is 1.50. The minimum Gasteiger partial charge on any atom is -0.494 e. The van der Waals surface area contributed by atoms with Crippen molar-refractivity contribution in [2.24, 2.45) is 0 Å². The molecule has 0 radical (unpaired) electrons. The van der Waals surface area contributed by atoms with Gasteiger partial charge in [-0.15, -0.1) is 0 Å². The van der Waals surface area contributed by atoms with Crippen LogP contribution in [0, 0.1) is 0 Å². The van der Waals surface area contributed by atoms with Gasteiger partial charge in [0.1, 0.15) is 17.6 Å². The molecule has 2 unspecified atom stereocenters. The molecule has 0 aliphatic heterocycles. The van der Waals surface area contributed by atoms with E-state index in [9.17, 15) is 5.11 Å². The number of aliphatic hydroxyl groups excluding tert-OH is 1. The Kier molecular flexibility index (Phi) is 4.43. The molecule has 1 N–H and O–H groups in total. The van der Waals surface area contributed by atoms with Crippen LogP contribution < -0.4 is 9.47 Å². The highest BCUT2D eigenvalue weighted by Gasteiger charge is 2.10. The van der Waals surface area contributed by atoms with Gasteiger partial charge in [-0.2, -0.15) is 0 Å². The molecule has 1 rings (SSSR count). The zero-order valence-electron chi connectivity index (χ0n) is 9.43. The van der Waals surface area contributed by atoms with Crippen molar-refractivity contribution < 1.29 is 14.6 Å². The molecule has 3 nitrogen and oxygen atoms in total. The van der Waals surface area contributed by atoms with Crippen LogP contribution in [0.3, 0.4) is 0 Å². The summed E-state index contributed by atoms with van der Waals surface area (Å²) < 4.78 is 10.9. The number of aliphatic hydroxyl groups is 1. The first-order valence-electron chi connectivity index (χ1n) is 5.21. The van der Waals surface area contributed by atoms with Crippen LogP contribution in [0.5, 0.6) is 11.5 Å². The monoisotopic (exact) mass is 210 g/mol. The van der Waals surface area contributed by atoms with E-state index in [1.165, 1.54) is 0 Å². The zero-order chi connectivity index (χ0) is 11.3. The fourth-order valence-electron chi connectivity index (χ4n) is 1.12. The molecule has 0 aliphatic rings. The summed E-state index contributed by atoms with van der Waals surface area (Å²) in [6.07, 6.45) is -0.706. The van der Waals surface area contributed by atoms with Crippen LogP contribution in [0.25, 0.3) is 0 Å². The molecule has 2 atom stereocenters. The first-order valence-corrected chi connectivity index (χ1v) is 5.21. The van der Waals surface area contributed by atoms with Gasteiger partial charge in [0, 0.05) is 6.07 Å². The van der Waals surface area contributed by atoms with Crippen molar-refractivity contribution in [2.45, 2.75) is 33.0 Å². The third kappa shape index (κ3) is 3.80. The second-order valence-electron chi connectivity index (χ2n) is 3.47. The van der Waals surface area contributed by atoms with Crippen molar-refractivity contribution in [3.05, 3.63) is 24.3 Å². The van der Waals surface area contributed by atoms with Crippen LogP contribution in [0.1, 0.15) is 20.8 Å². The molecule has 0 aliphatic carbocycles. The number of hydrogen-bond donors (Lipinski definition) is 1. The quantitative estimate of drug-likeness (QED) is 0.810. The van der Waals surface area contributed by atoms with E-state index in [-0.39, 0.29) is 6.10 Å². The molecule has 0 bridgehead atoms. The fourth-order valence-corrected chi connectivity index (χ4v) is 1.12. The molecule has 0 saturated carbocycles. The first-order chi connectivity index (χ1) is 7.13. The minimum absolute atomic E-state index is 0.220. The predicted molar refractivity (Wildman–Crippen MR) is 59.4 cm³/mol. The van der Waals surface area contributed by atoms with Gasteiger partial charge in [0.05, 0.1) is 12.7 Å². The van der Waals surface area contributed by atoms with Crippen LogP contribution >= 0.6 is 0 Å². The van der Waals surface area contributed by atoms with Crippen molar-refractivity contribution in [1.82, 2.24) is 0 Å². The van der Waals surface area contributed by atoms with Gasteiger partial charge >= 0.3 is 0 Å². The Morgan fingerprint density at radius 2 is 1.93 bits per heavy atom. The van der Waals surface area contributed by atoms with E-state index < -0.39 is 6.10 Å². The average Bonchev–Trinajstić information content (AvgIpc) is 2.18. The normalized spacial score (nSPS) is 14.4. The van der Waals surface area contributed by atoms with E-state index in [1.807, 2.05) is 38.1 Å². The summed E-state index contributed by atoms with van der Waals surface area (Å²) >= 11 is 0. The highest BCUT2D eigenvalue weighted by molar-refractivity contribution is 5.33. The SMILES string of the molecule is CCOc1cccc(OC(C)C(C)O)c1. The average molecular weight is 210 g/mol. The summed E-state index contributed by atoms with van der Waals surface area (Å²) in [5.41, 5.74) is 0. The highest BCUT2D eigenvalue weighted by atomic mass is 16.5. The van der Waals surface area contributed by atoms with Crippen LogP contribution in [-0.2, 0) is 0 Å². The maximum Gasteiger partial charge on any atom is 0.123 e. The summed E-state index contributed by atoms with van der Waals surface area (Å²) in [7, 11) is 0. The van der Waals surface area contributed by atoms with Gasteiger partial charge in [-0.25, -0.2) is 0 Å². The van der Waals surface area contributed by atoms with Crippen LogP contribution in [0.2, 0.25) is 0 Å². The summed E-state index contributed by atoms with van der Waals surface area (Å²) in [5, 5.41) is 9.30. The largest absolute Gasteiger partial charge is 0.494 e. The van der Waals surface area contributed by atoms with Crippen LogP contribution in [0.15, 0.2) is 24.3 Å². The van der Waals surface area contributed by atoms with E-state index in [4.69, 9.17) is 9.47 Å². The molecule has 1 aromatic carbocycles. The van der Waals surface area contributed by atoms with E-state index in [1.54, 1.807) is 6.92 Å². The lowest BCUT2D eigenvalue weighted by atomic mass is 10.2. The summed E-state index contributed by atoms with van der Waals surface area (Å²) in [4.78, 5) is 0. The number of ether oxygens (including phenoxy) is 2. The maximum absolute atomic E-state index is 9.30. The van der Waals surface area contributed by atoms with Gasteiger partial charge in [-0.05, 0) is 32.9 Å². The first kappa shape index (κ1) is 11.9. The van der Waals surface area contributed by atoms with E-state index in [0.717, 1.165) is 5.75 Å². The molecule has 0 heterocycles. The molecular formula is C12H18O3. The Balaban J connectivity index is 2.64. The number of hydrogen-bond acceptors (Lipinski definition) is 3. The second kappa shape index (κ2) is 5.61. The number of rotatable bonds is 5. The van der Waals surface area contributed by atoms with Gasteiger partial charge in [0.2, 0.25) is 0 Å². The van der Waals surface area contributed by atoms with Crippen molar-refractivity contribution in [1.29, 1.82) is 0 Å². The Labute approximate surface area is 90.6 Å². The smallest absolute Gasteiger partial charge is 0.123 e. The lowest BCUT2D eigenvalue weighted by Crippen LogP contribution is -2.25. The summed E-state index contributed by atoms with van der Waals surface area (Å²) in [6.45, 7) is 6.11. The van der Waals surface area contributed by atoms with E-state index in [0.29, 0.717) is 12.4 Å². The molecule has 1 aromatic rings. The molecule has 0 aromatic heterocycles. The minimum atomic E-state index is -0.485. The topological polar surface area (TPSA) is 38.7 Å². The Morgan fingerprint density at radius 1 is 1.27 bits per heavy atom. The Hall–Kier alpha value is -1.22. The fraction of sp³-hybridized carbons (Fsp3) is 0.500. The van der Waals surface area contributed by atoms with E-state index in [2.05, 4.69) is 0 Å². The predicted octanol–water partition coefficient (Wildman–Crippen LogP) is 2.23. The standard InChI is InChI=1S/C12H18O3/c1-4-14-11-6-5-7-12(8-11)15-10(3)9(2)13/h5-10,13H,4H2,1-3H3. The maximum atomic E-state index is 9.30. The van der Waals surface area contributed by atoms with Crippen molar-refractivity contribution in [2.75, 3.05) is 6.61 Å². The molecule has 3 heteroatoms. The van der Waals surface area contributed by atoms with Crippen LogP contribution in [-0.4, -0.2) is 23.9 Å². The lowest BCUT2D eigenvalue weighted by Gasteiger charge is -2.17. The lowest BCUT2D eigenvalue weighted by molar-refractivity contribution is 0.0603. The van der Waals surface area contributed by atoms with Gasteiger partial charge in [-0.3, -0.25) is 0 Å². The van der Waals surface area contributed by atoms with Crippen LogP contribution in [0.4, 0.5) is 0 Å². The van der Waals surface area contributed by atoms with Crippen molar-refractivity contribution in [3.63, 3.8) is 0 Å². The van der Waals surface area contributed by atoms with Gasteiger partial charge < -0.3 is 14.6 Å². The molecule has 0 fully saturated rings. The van der Waals surface area contributed by atoms with Crippen molar-refractivity contribution in [3.8, 4) is 11.5 Å². The molecular weight excluding hydrogens is 192 g/mol. The molecule has 15 heavy (non-hydrogen) atoms. The number of benzene rings is 1. The molecule has 0 amide bonds. The highest BCUT2D eigenvalue weighted by Crippen LogP contribution is 2.20. The Morgan fingerprint density at radius 3 is 2.53 bits per heavy atom. The van der Waals surface area contributed by atoms with Gasteiger partial charge in [0.25, 0.3) is 0 Å². The van der Waals surface area contributed by atoms with Gasteiger partial charge in [0.15, 0.2) is 0 Å².